The summed E-state index contributed by atoms with van der Waals surface area (Å²) in [5, 5.41) is 4.12. The van der Waals surface area contributed by atoms with Crippen molar-refractivity contribution in [3.8, 4) is 0 Å². The third-order valence-corrected chi connectivity index (χ3v) is 3.13. The molecule has 0 spiro atoms. The summed E-state index contributed by atoms with van der Waals surface area (Å²) in [6, 6.07) is 1.83. The van der Waals surface area contributed by atoms with Crippen LogP contribution in [0, 0.1) is 0 Å². The quantitative estimate of drug-likeness (QED) is 0.688. The summed E-state index contributed by atoms with van der Waals surface area (Å²) in [5.74, 6) is 2.95. The molecule has 0 radical (unpaired) electrons. The average molecular weight is 229 g/mol. The van der Waals surface area contributed by atoms with Gasteiger partial charge in [-0.1, -0.05) is 0 Å². The number of anilines is 1. The predicted octanol–water partition coefficient (Wildman–Crippen LogP) is 1.63. The number of hydrogen-bond acceptors (Lipinski definition) is 4. The van der Waals surface area contributed by atoms with Gasteiger partial charge in [-0.05, 0) is 30.4 Å². The van der Waals surface area contributed by atoms with Gasteiger partial charge in [-0.15, -0.1) is 0 Å². The van der Waals surface area contributed by atoms with Crippen molar-refractivity contribution in [2.24, 2.45) is 0 Å². The van der Waals surface area contributed by atoms with E-state index < -0.39 is 0 Å². The van der Waals surface area contributed by atoms with E-state index in [1.807, 2.05) is 28.7 Å². The van der Waals surface area contributed by atoms with Crippen LogP contribution in [0.25, 0.3) is 0 Å². The highest BCUT2D eigenvalue weighted by molar-refractivity contribution is 7.99. The minimum Gasteiger partial charge on any atom is -0.385 e. The Balaban J connectivity index is 1.93. The Morgan fingerprint density at radius 1 is 1.47 bits per heavy atom. The molecule has 86 valence electrons. The number of thioether (sulfide) groups is 1. The van der Waals surface area contributed by atoms with Crippen LogP contribution in [-0.4, -0.2) is 35.0 Å². The lowest BCUT2D eigenvalue weighted by atomic mass is 10.5. The van der Waals surface area contributed by atoms with Crippen LogP contribution in [0.15, 0.2) is 12.3 Å². The number of ether oxygens (including phenoxy) is 1. The van der Waals surface area contributed by atoms with E-state index in [1.54, 1.807) is 7.11 Å². The normalized spacial score (nSPS) is 10.7. The van der Waals surface area contributed by atoms with E-state index in [2.05, 4.69) is 5.10 Å². The van der Waals surface area contributed by atoms with Gasteiger partial charge in [0.1, 0.15) is 5.82 Å². The molecule has 5 heteroatoms. The van der Waals surface area contributed by atoms with E-state index in [0.29, 0.717) is 5.82 Å². The molecule has 0 saturated heterocycles. The second-order valence-electron chi connectivity index (χ2n) is 3.32. The molecule has 1 heterocycles. The number of nitrogen functional groups attached to an aromatic ring is 1. The zero-order valence-electron chi connectivity index (χ0n) is 9.19. The summed E-state index contributed by atoms with van der Waals surface area (Å²) >= 11 is 1.97. The van der Waals surface area contributed by atoms with Gasteiger partial charge in [0, 0.05) is 26.5 Å². The topological polar surface area (TPSA) is 53.1 Å². The molecular formula is C10H19N3OS. The van der Waals surface area contributed by atoms with Crippen LogP contribution in [0.2, 0.25) is 0 Å². The van der Waals surface area contributed by atoms with E-state index >= 15 is 0 Å². The maximum absolute atomic E-state index is 5.51. The molecule has 15 heavy (non-hydrogen) atoms. The Bertz CT molecular complexity index is 265. The van der Waals surface area contributed by atoms with Gasteiger partial charge in [0.25, 0.3) is 0 Å². The Kier molecular flexibility index (Phi) is 6.27. The molecule has 0 amide bonds. The molecular weight excluding hydrogens is 210 g/mol. The fraction of sp³-hybridized carbons (Fsp3) is 0.700. The van der Waals surface area contributed by atoms with Crippen molar-refractivity contribution in [2.45, 2.75) is 19.4 Å². The van der Waals surface area contributed by atoms with Crippen LogP contribution in [-0.2, 0) is 11.3 Å². The highest BCUT2D eigenvalue weighted by atomic mass is 32.2. The third kappa shape index (κ3) is 5.69. The second-order valence-corrected chi connectivity index (χ2v) is 4.54. The number of nitrogens with two attached hydrogens (primary N) is 1. The van der Waals surface area contributed by atoms with Crippen molar-refractivity contribution in [2.75, 3.05) is 31.0 Å². The van der Waals surface area contributed by atoms with Gasteiger partial charge < -0.3 is 10.5 Å². The van der Waals surface area contributed by atoms with E-state index in [0.717, 1.165) is 26.0 Å². The lowest BCUT2D eigenvalue weighted by Gasteiger charge is -2.02. The molecule has 1 aromatic rings. The number of nitrogens with zero attached hydrogens (tertiary/aromatic N) is 2. The van der Waals surface area contributed by atoms with Crippen LogP contribution in [0.1, 0.15) is 12.8 Å². The number of aryl methyl sites for hydroxylation is 1. The minimum atomic E-state index is 0.600. The first-order chi connectivity index (χ1) is 7.33. The van der Waals surface area contributed by atoms with E-state index in [4.69, 9.17) is 10.5 Å². The SMILES string of the molecule is COCCCSCCCn1ccc(N)n1. The van der Waals surface area contributed by atoms with Gasteiger partial charge in [-0.3, -0.25) is 4.68 Å². The lowest BCUT2D eigenvalue weighted by molar-refractivity contribution is 0.200. The first kappa shape index (κ1) is 12.4. The Morgan fingerprint density at radius 3 is 2.93 bits per heavy atom. The van der Waals surface area contributed by atoms with Gasteiger partial charge in [-0.2, -0.15) is 16.9 Å². The molecule has 0 aliphatic heterocycles. The van der Waals surface area contributed by atoms with E-state index in [9.17, 15) is 0 Å². The van der Waals surface area contributed by atoms with Crippen molar-refractivity contribution in [3.63, 3.8) is 0 Å². The fourth-order valence-corrected chi connectivity index (χ4v) is 2.10. The molecule has 0 bridgehead atoms. The predicted molar refractivity (Wildman–Crippen MR) is 65.1 cm³/mol. The second kappa shape index (κ2) is 7.59. The Morgan fingerprint density at radius 2 is 2.27 bits per heavy atom. The Labute approximate surface area is 95.2 Å². The highest BCUT2D eigenvalue weighted by Gasteiger charge is 1.94. The highest BCUT2D eigenvalue weighted by Crippen LogP contribution is 2.06. The molecule has 0 unspecified atom stereocenters. The van der Waals surface area contributed by atoms with Gasteiger partial charge in [0.05, 0.1) is 0 Å². The van der Waals surface area contributed by atoms with Crippen LogP contribution >= 0.6 is 11.8 Å². The maximum Gasteiger partial charge on any atom is 0.145 e. The summed E-state index contributed by atoms with van der Waals surface area (Å²) in [6.45, 7) is 1.82. The Hall–Kier alpha value is -0.680. The summed E-state index contributed by atoms with van der Waals surface area (Å²) < 4.78 is 6.87. The van der Waals surface area contributed by atoms with Gasteiger partial charge in [0.15, 0.2) is 0 Å². The first-order valence-corrected chi connectivity index (χ1v) is 6.34. The molecule has 0 atom stereocenters. The molecule has 0 saturated carbocycles. The van der Waals surface area contributed by atoms with Crippen molar-refractivity contribution in [1.82, 2.24) is 9.78 Å². The summed E-state index contributed by atoms with van der Waals surface area (Å²) in [4.78, 5) is 0. The number of rotatable bonds is 8. The zero-order valence-corrected chi connectivity index (χ0v) is 10.0. The molecule has 0 fully saturated rings. The summed E-state index contributed by atoms with van der Waals surface area (Å²) in [7, 11) is 1.74. The van der Waals surface area contributed by atoms with Crippen molar-refractivity contribution >= 4 is 17.6 Å². The van der Waals surface area contributed by atoms with Crippen LogP contribution < -0.4 is 5.73 Å². The molecule has 0 aromatic carbocycles. The molecule has 1 rings (SSSR count). The first-order valence-electron chi connectivity index (χ1n) is 5.18. The van der Waals surface area contributed by atoms with E-state index in [-0.39, 0.29) is 0 Å². The standard InChI is InChI=1S/C10H19N3OS/c1-14-7-3-9-15-8-2-5-13-6-4-10(11)12-13/h4,6H,2-3,5,7-9H2,1H3,(H2,11,12). The average Bonchev–Trinajstić information content (AvgIpc) is 2.63. The van der Waals surface area contributed by atoms with Gasteiger partial charge in [0.2, 0.25) is 0 Å². The smallest absolute Gasteiger partial charge is 0.145 e. The third-order valence-electron chi connectivity index (χ3n) is 1.97. The lowest BCUT2D eigenvalue weighted by Crippen LogP contribution is -2.01. The van der Waals surface area contributed by atoms with Crippen LogP contribution in [0.3, 0.4) is 0 Å². The largest absolute Gasteiger partial charge is 0.385 e. The van der Waals surface area contributed by atoms with Crippen LogP contribution in [0.5, 0.6) is 0 Å². The summed E-state index contributed by atoms with van der Waals surface area (Å²) in [6.07, 6.45) is 4.19. The van der Waals surface area contributed by atoms with Crippen molar-refractivity contribution < 1.29 is 4.74 Å². The molecule has 0 aliphatic carbocycles. The molecule has 4 nitrogen and oxygen atoms in total. The minimum absolute atomic E-state index is 0.600. The van der Waals surface area contributed by atoms with Crippen molar-refractivity contribution in [1.29, 1.82) is 0 Å². The fourth-order valence-electron chi connectivity index (χ4n) is 1.24. The number of methoxy groups -OCH3 is 1. The monoisotopic (exact) mass is 229 g/mol. The van der Waals surface area contributed by atoms with Gasteiger partial charge >= 0.3 is 0 Å². The van der Waals surface area contributed by atoms with E-state index in [1.165, 1.54) is 11.5 Å². The van der Waals surface area contributed by atoms with Gasteiger partial charge in [-0.25, -0.2) is 0 Å². The number of aromatic nitrogens is 2. The zero-order chi connectivity index (χ0) is 10.9. The molecule has 2 N–H and O–H groups in total. The number of hydrogen-bond donors (Lipinski definition) is 1. The molecule has 0 aliphatic rings. The maximum atomic E-state index is 5.51. The summed E-state index contributed by atoms with van der Waals surface area (Å²) in [5.41, 5.74) is 5.51. The van der Waals surface area contributed by atoms with Crippen molar-refractivity contribution in [3.05, 3.63) is 12.3 Å². The molecule has 1 aromatic heterocycles. The van der Waals surface area contributed by atoms with Crippen LogP contribution in [0.4, 0.5) is 5.82 Å².